The summed E-state index contributed by atoms with van der Waals surface area (Å²) in [7, 11) is 0. The molecule has 0 aromatic rings. The van der Waals surface area contributed by atoms with E-state index in [4.69, 9.17) is 4.74 Å². The molecule has 6 fully saturated rings. The highest BCUT2D eigenvalue weighted by atomic mass is 16.5. The summed E-state index contributed by atoms with van der Waals surface area (Å²) >= 11 is 0. The molecule has 0 aromatic carbocycles. The van der Waals surface area contributed by atoms with Gasteiger partial charge < -0.3 is 20.1 Å². The molecule has 1 spiro atoms. The predicted molar refractivity (Wildman–Crippen MR) is 87.9 cm³/mol. The van der Waals surface area contributed by atoms with Gasteiger partial charge in [0, 0.05) is 34.0 Å². The molecule has 3 N–H and O–H groups in total. The fourth-order valence-electron chi connectivity index (χ4n) is 9.70. The first kappa shape index (κ1) is 16.4. The van der Waals surface area contributed by atoms with Crippen molar-refractivity contribution in [1.82, 2.24) is 0 Å². The number of carbonyl (C=O) groups is 3. The van der Waals surface area contributed by atoms with Gasteiger partial charge >= 0.3 is 5.97 Å². The topological polar surface area (TPSA) is 121 Å². The first-order chi connectivity index (χ1) is 12.5. The lowest BCUT2D eigenvalue weighted by atomic mass is 9.24. The molecule has 6 aliphatic carbocycles. The number of rotatable bonds is 1. The van der Waals surface area contributed by atoms with Gasteiger partial charge in [-0.05, 0) is 25.3 Å². The van der Waals surface area contributed by atoms with Crippen LogP contribution >= 0.6 is 0 Å². The van der Waals surface area contributed by atoms with Gasteiger partial charge in [-0.2, -0.15) is 0 Å². The van der Waals surface area contributed by atoms with Crippen LogP contribution in [0, 0.1) is 33.5 Å². The molecule has 1 saturated heterocycles. The second-order valence-corrected chi connectivity index (χ2v) is 9.93. The van der Waals surface area contributed by atoms with E-state index in [2.05, 4.69) is 0 Å². The maximum Gasteiger partial charge on any atom is 0.306 e. The van der Waals surface area contributed by atoms with Gasteiger partial charge in [0.15, 0.2) is 22.8 Å². The number of hydrogen-bond acceptors (Lipinski definition) is 7. The van der Waals surface area contributed by atoms with Gasteiger partial charge in [-0.25, -0.2) is 0 Å². The number of ether oxygens (including phenoxy) is 1. The van der Waals surface area contributed by atoms with Crippen molar-refractivity contribution in [3.05, 3.63) is 11.6 Å². The maximum absolute atomic E-state index is 13.6. The molecule has 7 aliphatic rings. The summed E-state index contributed by atoms with van der Waals surface area (Å²) in [6.45, 7) is 4.86. The van der Waals surface area contributed by atoms with Crippen LogP contribution in [0.2, 0.25) is 0 Å². The lowest BCUT2D eigenvalue weighted by Crippen LogP contribution is -2.84. The summed E-state index contributed by atoms with van der Waals surface area (Å²) < 4.78 is 5.64. The standard InChI is InChI=1S/C20H22O7/c1-8-4-10(22)19(25)16(3)13-14(24)20(19,26)15(2)9-5-12(23)27-11(6-18(8,15)16)17(9,13)7-21/h4,9,11,13,21,25-26H,5-7H2,1-3H3/t9-,11+,13-,15-,16+,17+,18?,19+,20-/m0/s1. The Balaban J connectivity index is 1.85. The van der Waals surface area contributed by atoms with E-state index >= 15 is 0 Å². The lowest BCUT2D eigenvalue weighted by molar-refractivity contribution is -0.341. The molecule has 0 amide bonds. The number of Topliss-reactive ketones (excluding diaryl/α,β-unsaturated/α-hetero) is 1. The van der Waals surface area contributed by atoms with Crippen LogP contribution in [0.4, 0.5) is 0 Å². The Morgan fingerprint density at radius 1 is 1.15 bits per heavy atom. The van der Waals surface area contributed by atoms with Crippen LogP contribution < -0.4 is 0 Å². The smallest absolute Gasteiger partial charge is 0.306 e. The zero-order chi connectivity index (χ0) is 19.6. The van der Waals surface area contributed by atoms with Crippen molar-refractivity contribution in [1.29, 1.82) is 0 Å². The van der Waals surface area contributed by atoms with Crippen molar-refractivity contribution in [2.45, 2.75) is 50.9 Å². The summed E-state index contributed by atoms with van der Waals surface area (Å²) in [5.74, 6) is -3.17. The zero-order valence-electron chi connectivity index (χ0n) is 15.4. The highest BCUT2D eigenvalue weighted by Gasteiger charge is 3.05. The lowest BCUT2D eigenvalue weighted by Gasteiger charge is -2.78. The van der Waals surface area contributed by atoms with Gasteiger partial charge in [0.05, 0.1) is 6.61 Å². The van der Waals surface area contributed by atoms with E-state index in [-0.39, 0.29) is 12.8 Å². The number of aliphatic hydroxyl groups is 3. The minimum atomic E-state index is -2.28. The van der Waals surface area contributed by atoms with Crippen molar-refractivity contribution in [3.63, 3.8) is 0 Å². The number of aliphatic hydroxyl groups excluding tert-OH is 1. The zero-order valence-corrected chi connectivity index (χ0v) is 15.4. The normalized spacial score (nSPS) is 64.3. The quantitative estimate of drug-likeness (QED) is 0.530. The van der Waals surface area contributed by atoms with E-state index in [1.165, 1.54) is 6.08 Å². The monoisotopic (exact) mass is 374 g/mol. The maximum atomic E-state index is 13.6. The molecule has 1 heterocycles. The molecule has 27 heavy (non-hydrogen) atoms. The van der Waals surface area contributed by atoms with Gasteiger partial charge in [0.1, 0.15) is 6.10 Å². The van der Waals surface area contributed by atoms with Crippen molar-refractivity contribution < 1.29 is 34.4 Å². The second-order valence-electron chi connectivity index (χ2n) is 9.93. The Labute approximate surface area is 155 Å². The van der Waals surface area contributed by atoms with Crippen molar-refractivity contribution in [2.75, 3.05) is 6.61 Å². The van der Waals surface area contributed by atoms with Crippen LogP contribution in [0.15, 0.2) is 11.6 Å². The van der Waals surface area contributed by atoms with E-state index < -0.39 is 74.9 Å². The Bertz CT molecular complexity index is 939. The first-order valence-corrected chi connectivity index (χ1v) is 9.50. The fourth-order valence-corrected chi connectivity index (χ4v) is 9.70. The van der Waals surface area contributed by atoms with Crippen LogP contribution in [0.25, 0.3) is 0 Å². The minimum absolute atomic E-state index is 0.0466. The number of hydrogen-bond donors (Lipinski definition) is 3. The number of ketones is 2. The molecule has 8 bridgehead atoms. The minimum Gasteiger partial charge on any atom is -0.462 e. The van der Waals surface area contributed by atoms with Gasteiger partial charge in [0.2, 0.25) is 0 Å². The molecule has 0 radical (unpaired) electrons. The highest BCUT2D eigenvalue weighted by molar-refractivity contribution is 6.15. The van der Waals surface area contributed by atoms with Crippen LogP contribution in [-0.2, 0) is 19.1 Å². The van der Waals surface area contributed by atoms with Gasteiger partial charge in [-0.3, -0.25) is 14.4 Å². The third-order valence-electron chi connectivity index (χ3n) is 10.3. The molecule has 7 nitrogen and oxygen atoms in total. The van der Waals surface area contributed by atoms with Crippen molar-refractivity contribution in [3.8, 4) is 0 Å². The SMILES string of the molecule is CC1=CC(=O)[C@]2(O)[C@]3(O)C(=O)[C@@H]4[C@]5(CO)[C@H]6CC(=O)O[C@@H]5CC1([C@]63C)[C@@]42C. The average Bonchev–Trinajstić information content (AvgIpc) is 2.78. The third kappa shape index (κ3) is 0.922. The van der Waals surface area contributed by atoms with E-state index in [1.807, 2.05) is 0 Å². The summed E-state index contributed by atoms with van der Waals surface area (Å²) in [6, 6.07) is 0. The van der Waals surface area contributed by atoms with E-state index in [1.54, 1.807) is 20.8 Å². The van der Waals surface area contributed by atoms with Gasteiger partial charge in [-0.1, -0.05) is 19.4 Å². The number of allylic oxidation sites excluding steroid dienone is 1. The van der Waals surface area contributed by atoms with E-state index in [0.717, 1.165) is 5.57 Å². The van der Waals surface area contributed by atoms with Crippen LogP contribution in [-0.4, -0.2) is 56.8 Å². The molecule has 9 atom stereocenters. The highest BCUT2D eigenvalue weighted by Crippen LogP contribution is 2.95. The Hall–Kier alpha value is -1.57. The van der Waals surface area contributed by atoms with Crippen molar-refractivity contribution >= 4 is 17.5 Å². The molecule has 5 saturated carbocycles. The number of carbonyl (C=O) groups excluding carboxylic acids is 3. The predicted octanol–water partition coefficient (Wildman–Crippen LogP) is -0.483. The molecule has 0 aromatic heterocycles. The molecular formula is C20H22O7. The fraction of sp³-hybridized carbons (Fsp3) is 0.750. The molecule has 1 aliphatic heterocycles. The van der Waals surface area contributed by atoms with Gasteiger partial charge in [-0.15, -0.1) is 0 Å². The molecule has 7 rings (SSSR count). The summed E-state index contributed by atoms with van der Waals surface area (Å²) in [4.78, 5) is 39.0. The van der Waals surface area contributed by atoms with Gasteiger partial charge in [0.25, 0.3) is 0 Å². The largest absolute Gasteiger partial charge is 0.462 e. The summed E-state index contributed by atoms with van der Waals surface area (Å²) in [5.41, 5.74) is -8.26. The molecular weight excluding hydrogens is 352 g/mol. The first-order valence-electron chi connectivity index (χ1n) is 9.50. The average molecular weight is 374 g/mol. The van der Waals surface area contributed by atoms with E-state index in [9.17, 15) is 29.7 Å². The van der Waals surface area contributed by atoms with Crippen LogP contribution in [0.5, 0.6) is 0 Å². The Morgan fingerprint density at radius 3 is 2.44 bits per heavy atom. The second kappa shape index (κ2) is 3.67. The summed E-state index contributed by atoms with van der Waals surface area (Å²) in [5, 5.41) is 34.2. The molecule has 7 heteroatoms. The molecule has 144 valence electrons. The Morgan fingerprint density at radius 2 is 1.81 bits per heavy atom. The molecule has 1 unspecified atom stereocenters. The number of esters is 1. The summed E-state index contributed by atoms with van der Waals surface area (Å²) in [6.07, 6.45) is 0.928. The van der Waals surface area contributed by atoms with E-state index in [0.29, 0.717) is 0 Å². The van der Waals surface area contributed by atoms with Crippen molar-refractivity contribution in [2.24, 2.45) is 33.5 Å². The van der Waals surface area contributed by atoms with Crippen LogP contribution in [0.1, 0.15) is 33.6 Å². The Kier molecular flexibility index (Phi) is 2.23. The third-order valence-corrected chi connectivity index (χ3v) is 10.3. The van der Waals surface area contributed by atoms with Crippen LogP contribution in [0.3, 0.4) is 0 Å².